The van der Waals surface area contributed by atoms with Gasteiger partial charge in [-0.05, 0) is 70.6 Å². The van der Waals surface area contributed by atoms with Gasteiger partial charge < -0.3 is 49.7 Å². The van der Waals surface area contributed by atoms with Gasteiger partial charge in [-0.1, -0.05) is 137 Å². The van der Waals surface area contributed by atoms with Crippen molar-refractivity contribution < 1.29 is 82.0 Å². The third-order valence-electron chi connectivity index (χ3n) is 9.72. The first-order valence-electron chi connectivity index (χ1n) is 22.9. The summed E-state index contributed by atoms with van der Waals surface area (Å²) in [6, 6.07) is 0. The fraction of sp³-hybridized carbons (Fsp3) is 0.617. The van der Waals surface area contributed by atoms with Crippen LogP contribution in [0, 0.1) is 0 Å². The van der Waals surface area contributed by atoms with Gasteiger partial charge in [-0.15, -0.1) is 0 Å². The Hall–Kier alpha value is -3.12. The van der Waals surface area contributed by atoms with Crippen molar-refractivity contribution in [3.05, 3.63) is 97.2 Å². The fourth-order valence-corrected chi connectivity index (χ4v) is 7.71. The topological polar surface area (TPSA) is 276 Å². The molecule has 17 nitrogen and oxygen atoms in total. The number of aliphatic hydroxyl groups excluding tert-OH is 5. The molecule has 1 rings (SSSR count). The van der Waals surface area contributed by atoms with Crippen LogP contribution in [0.1, 0.15) is 123 Å². The molecule has 0 spiro atoms. The van der Waals surface area contributed by atoms with Crippen LogP contribution in [0.3, 0.4) is 0 Å². The summed E-state index contributed by atoms with van der Waals surface area (Å²) in [7, 11) is -10.7. The van der Waals surface area contributed by atoms with Gasteiger partial charge >= 0.3 is 27.6 Å². The van der Waals surface area contributed by atoms with Gasteiger partial charge in [0.15, 0.2) is 6.10 Å². The molecule has 1 fully saturated rings. The predicted molar refractivity (Wildman–Crippen MR) is 251 cm³/mol. The molecule has 1 aliphatic carbocycles. The average Bonchev–Trinajstić information content (AvgIpc) is 3.27. The van der Waals surface area contributed by atoms with Crippen molar-refractivity contribution in [1.82, 2.24) is 0 Å². The van der Waals surface area contributed by atoms with Gasteiger partial charge in [0.2, 0.25) is 0 Å². The Labute approximate surface area is 390 Å². The summed E-state index contributed by atoms with van der Waals surface area (Å²) >= 11 is 0. The van der Waals surface area contributed by atoms with E-state index in [0.29, 0.717) is 32.1 Å². The molecule has 0 aromatic rings. The number of phosphoric ester groups is 2. The third kappa shape index (κ3) is 31.0. The highest BCUT2D eigenvalue weighted by Crippen LogP contribution is 2.49. The van der Waals surface area contributed by atoms with E-state index in [1.165, 1.54) is 0 Å². The molecule has 6 unspecified atom stereocenters. The highest BCUT2D eigenvalue weighted by molar-refractivity contribution is 7.47. The second-order valence-corrected chi connectivity index (χ2v) is 18.2. The highest BCUT2D eigenvalue weighted by Gasteiger charge is 2.54. The van der Waals surface area contributed by atoms with E-state index in [0.717, 1.165) is 64.2 Å². The molecule has 19 heteroatoms. The van der Waals surface area contributed by atoms with Crippen LogP contribution in [0.5, 0.6) is 0 Å². The minimum atomic E-state index is -5.38. The lowest BCUT2D eigenvalue weighted by atomic mass is 9.85. The number of phosphoric acid groups is 2. The van der Waals surface area contributed by atoms with Gasteiger partial charge in [0.05, 0.1) is 12.7 Å². The van der Waals surface area contributed by atoms with Crippen molar-refractivity contribution in [2.75, 3.05) is 13.2 Å². The van der Waals surface area contributed by atoms with E-state index in [1.807, 2.05) is 48.6 Å². The van der Waals surface area contributed by atoms with Crippen LogP contribution >= 0.6 is 15.6 Å². The average molecular weight is 975 g/mol. The summed E-state index contributed by atoms with van der Waals surface area (Å²) < 4.78 is 49.2. The van der Waals surface area contributed by atoms with Gasteiger partial charge in [0, 0.05) is 12.8 Å². The number of ether oxygens (including phenoxy) is 2. The summed E-state index contributed by atoms with van der Waals surface area (Å²) in [5.74, 6) is -1.36. The Morgan fingerprint density at radius 1 is 0.576 bits per heavy atom. The van der Waals surface area contributed by atoms with E-state index in [4.69, 9.17) is 28.3 Å². The summed E-state index contributed by atoms with van der Waals surface area (Å²) in [4.78, 5) is 54.2. The second-order valence-electron chi connectivity index (χ2n) is 15.6. The minimum absolute atomic E-state index is 0.00408. The normalized spacial score (nSPS) is 22.9. The zero-order chi connectivity index (χ0) is 49.1. The molecule has 8 N–H and O–H groups in total. The molecule has 0 aliphatic heterocycles. The van der Waals surface area contributed by atoms with Crippen LogP contribution in [0.2, 0.25) is 0 Å². The number of rotatable bonds is 36. The maximum absolute atomic E-state index is 13.0. The summed E-state index contributed by atoms with van der Waals surface area (Å²) in [5.41, 5.74) is 0. The molecule has 376 valence electrons. The zero-order valence-electron chi connectivity index (χ0n) is 38.4. The predicted octanol–water partition coefficient (Wildman–Crippen LogP) is 7.36. The molecule has 0 heterocycles. The number of esters is 2. The summed E-state index contributed by atoms with van der Waals surface area (Å²) in [5, 5.41) is 51.2. The molecule has 0 radical (unpaired) electrons. The van der Waals surface area contributed by atoms with Crippen molar-refractivity contribution in [2.24, 2.45) is 0 Å². The smallest absolute Gasteiger partial charge is 0.462 e. The SMILES string of the molecule is CC/C=C\C/C=C\CC(O)/C=C/C=C\C/C=C\C/C=C\CCC(=O)OC[C@H](COP(=O)(O)O[C@H]1C(O)C(O)C(O)[C@@H](OP(=O)(O)O)C1O)OC(=O)CCCCCCC/C=C\C/C=C\CCC. The molecule has 66 heavy (non-hydrogen) atoms. The monoisotopic (exact) mass is 974 g/mol. The van der Waals surface area contributed by atoms with Gasteiger partial charge in [0.1, 0.15) is 43.2 Å². The summed E-state index contributed by atoms with van der Waals surface area (Å²) in [6.07, 6.45) is 28.4. The summed E-state index contributed by atoms with van der Waals surface area (Å²) in [6.45, 7) is 2.76. The Morgan fingerprint density at radius 2 is 1.14 bits per heavy atom. The van der Waals surface area contributed by atoms with Crippen LogP contribution in [-0.2, 0) is 41.8 Å². The van der Waals surface area contributed by atoms with Crippen molar-refractivity contribution in [2.45, 2.75) is 172 Å². The molecule has 0 bridgehead atoms. The molecule has 0 amide bonds. The maximum atomic E-state index is 13.0. The van der Waals surface area contributed by atoms with Gasteiger partial charge in [-0.2, -0.15) is 0 Å². The first kappa shape index (κ1) is 60.9. The standard InChI is InChI=1S/C47H76O17P2/c1-3-5-7-9-11-12-13-14-15-20-23-27-31-35-41(50)62-39(37-61-66(58,59)64-47-44(53)42(51)43(52)46(45(47)54)63-65(55,56)57)36-60-40(49)34-30-26-22-19-17-16-18-21-25-29-33-38(48)32-28-24-10-8-6-4-2/h6-9,12-13,16-17,21-22,24-26,28-29,33,38-39,42-48,51-54H,3-5,10-11,14-15,18-20,23,27,30-32,34-37H2,1-2H3,(H,58,59)(H2,55,56,57)/b8-6-,9-7-,13-12-,17-16-,25-21-,26-22-,28-24-,33-29+/t38?,39-,42?,43?,44?,45?,46-,47+/m1/s1. The van der Waals surface area contributed by atoms with E-state index in [9.17, 15) is 49.1 Å². The van der Waals surface area contributed by atoms with E-state index in [-0.39, 0.29) is 12.8 Å². The largest absolute Gasteiger partial charge is 0.472 e. The molecule has 0 saturated heterocycles. The van der Waals surface area contributed by atoms with E-state index >= 15 is 0 Å². The Morgan fingerprint density at radius 3 is 1.79 bits per heavy atom. The first-order valence-corrected chi connectivity index (χ1v) is 25.9. The minimum Gasteiger partial charge on any atom is -0.462 e. The molecule has 1 aliphatic rings. The molecule has 0 aromatic heterocycles. The van der Waals surface area contributed by atoms with Crippen molar-refractivity contribution in [1.29, 1.82) is 0 Å². The Kier molecular flexibility index (Phi) is 34.0. The highest BCUT2D eigenvalue weighted by atomic mass is 31.2. The van der Waals surface area contributed by atoms with Crippen LogP contribution in [0.15, 0.2) is 97.2 Å². The molecule has 0 aromatic carbocycles. The van der Waals surface area contributed by atoms with Crippen LogP contribution in [-0.4, -0.2) is 114 Å². The molecule has 1 saturated carbocycles. The van der Waals surface area contributed by atoms with E-state index in [1.54, 1.807) is 12.2 Å². The molecular weight excluding hydrogens is 898 g/mol. The number of hydrogen-bond acceptors (Lipinski definition) is 14. The first-order chi connectivity index (χ1) is 31.5. The zero-order valence-corrected chi connectivity index (χ0v) is 40.2. The van der Waals surface area contributed by atoms with Gasteiger partial charge in [0.25, 0.3) is 0 Å². The van der Waals surface area contributed by atoms with E-state index in [2.05, 4.69) is 54.8 Å². The van der Waals surface area contributed by atoms with Gasteiger partial charge in [-0.25, -0.2) is 9.13 Å². The Balaban J connectivity index is 2.69. The number of hydrogen-bond donors (Lipinski definition) is 8. The fourth-order valence-electron chi connectivity index (χ4n) is 6.17. The lowest BCUT2D eigenvalue weighted by molar-refractivity contribution is -0.216. The van der Waals surface area contributed by atoms with Crippen molar-refractivity contribution in [3.8, 4) is 0 Å². The number of carbonyl (C=O) groups is 2. The number of carbonyl (C=O) groups excluding carboxylic acids is 2. The molecular formula is C47H76O17P2. The Bertz CT molecular complexity index is 1670. The number of aliphatic hydroxyl groups is 5. The maximum Gasteiger partial charge on any atom is 0.472 e. The number of unbranched alkanes of at least 4 members (excludes halogenated alkanes) is 6. The van der Waals surface area contributed by atoms with Crippen LogP contribution in [0.25, 0.3) is 0 Å². The molecule has 9 atom stereocenters. The quantitative estimate of drug-likeness (QED) is 0.0100. The third-order valence-corrected chi connectivity index (χ3v) is 11.2. The lowest BCUT2D eigenvalue weighted by Gasteiger charge is -2.43. The second kappa shape index (κ2) is 36.9. The van der Waals surface area contributed by atoms with Crippen LogP contribution < -0.4 is 0 Å². The van der Waals surface area contributed by atoms with Crippen molar-refractivity contribution in [3.63, 3.8) is 0 Å². The van der Waals surface area contributed by atoms with Gasteiger partial charge in [-0.3, -0.25) is 23.2 Å². The van der Waals surface area contributed by atoms with Crippen molar-refractivity contribution >= 4 is 27.6 Å². The van der Waals surface area contributed by atoms with Crippen LogP contribution in [0.4, 0.5) is 0 Å². The lowest BCUT2D eigenvalue weighted by Crippen LogP contribution is -2.64. The number of allylic oxidation sites excluding steroid dienone is 14. The van der Waals surface area contributed by atoms with E-state index < -0.39 is 89.6 Å².